The molecule has 1 saturated carbocycles. The largest absolute Gasteiger partial charge is 0.372 e. The molecule has 2 bridgehead atoms. The lowest BCUT2D eigenvalue weighted by Gasteiger charge is -2.55. The molecule has 0 aromatic heterocycles. The van der Waals surface area contributed by atoms with Crippen molar-refractivity contribution in [3.8, 4) is 0 Å². The number of amides is 4. The summed E-state index contributed by atoms with van der Waals surface area (Å²) in [4.78, 5) is 50.7. The van der Waals surface area contributed by atoms with Crippen molar-refractivity contribution in [1.82, 2.24) is 15.5 Å². The van der Waals surface area contributed by atoms with Crippen LogP contribution in [0.5, 0.6) is 0 Å². The molecular formula is C21H24N4O5. The summed E-state index contributed by atoms with van der Waals surface area (Å²) in [6.07, 6.45) is 2.13. The van der Waals surface area contributed by atoms with Crippen LogP contribution >= 0.6 is 0 Å². The molecule has 4 heterocycles. The van der Waals surface area contributed by atoms with E-state index in [0.29, 0.717) is 36.7 Å². The number of carbonyl (C=O) groups excluding carboxylic acids is 4. The second-order valence-corrected chi connectivity index (χ2v) is 8.64. The summed E-state index contributed by atoms with van der Waals surface area (Å²) in [5, 5.41) is 5.68. The van der Waals surface area contributed by atoms with Crippen molar-refractivity contribution < 1.29 is 23.9 Å². The van der Waals surface area contributed by atoms with Gasteiger partial charge >= 0.3 is 0 Å². The lowest BCUT2D eigenvalue weighted by Crippen LogP contribution is -2.64. The number of nitrogens with zero attached hydrogens (tertiary/aromatic N) is 1. The Morgan fingerprint density at radius 2 is 2.00 bits per heavy atom. The van der Waals surface area contributed by atoms with E-state index in [1.807, 2.05) is 6.07 Å². The number of piperidine rings is 1. The van der Waals surface area contributed by atoms with Gasteiger partial charge in [-0.2, -0.15) is 0 Å². The second kappa shape index (κ2) is 6.97. The van der Waals surface area contributed by atoms with Crippen LogP contribution < -0.4 is 16.4 Å². The Kier molecular flexibility index (Phi) is 4.49. The summed E-state index contributed by atoms with van der Waals surface area (Å²) in [7, 11) is 0. The van der Waals surface area contributed by atoms with Gasteiger partial charge in [0.25, 0.3) is 11.8 Å². The Morgan fingerprint density at radius 1 is 1.20 bits per heavy atom. The highest BCUT2D eigenvalue weighted by atomic mass is 16.5. The van der Waals surface area contributed by atoms with E-state index in [2.05, 4.69) is 10.6 Å². The summed E-state index contributed by atoms with van der Waals surface area (Å²) in [6, 6.07) is 4.39. The molecule has 1 aromatic rings. The van der Waals surface area contributed by atoms with Crippen LogP contribution in [0.15, 0.2) is 18.2 Å². The third-order valence-corrected chi connectivity index (χ3v) is 6.89. The number of hydrogen-bond donors (Lipinski definition) is 3. The maximum absolute atomic E-state index is 13.1. The first-order valence-electron chi connectivity index (χ1n) is 10.3. The molecule has 4 aliphatic heterocycles. The molecule has 0 radical (unpaired) electrons. The zero-order chi connectivity index (χ0) is 21.0. The highest BCUT2D eigenvalue weighted by Gasteiger charge is 2.52. The Balaban J connectivity index is 1.33. The van der Waals surface area contributed by atoms with E-state index in [-0.39, 0.29) is 30.4 Å². The third-order valence-electron chi connectivity index (χ3n) is 6.89. The molecule has 5 aliphatic rings. The minimum atomic E-state index is -0.956. The topological polar surface area (TPSA) is 131 Å². The number of carbonyl (C=O) groups is 4. The van der Waals surface area contributed by atoms with Gasteiger partial charge in [0, 0.05) is 25.6 Å². The average Bonchev–Trinajstić information content (AvgIpc) is 2.97. The Bertz CT molecular complexity index is 949. The number of ether oxygens (including phenoxy) is 1. The van der Waals surface area contributed by atoms with Crippen molar-refractivity contribution in [2.24, 2.45) is 11.7 Å². The quantitative estimate of drug-likeness (QED) is 0.565. The number of nitrogens with one attached hydrogen (secondary N) is 2. The number of benzene rings is 1. The first kappa shape index (κ1) is 19.3. The maximum atomic E-state index is 13.1. The number of fused-ring (bicyclic) bond motifs is 3. The second-order valence-electron chi connectivity index (χ2n) is 8.64. The van der Waals surface area contributed by atoms with Crippen molar-refractivity contribution in [3.05, 3.63) is 34.9 Å². The first-order chi connectivity index (χ1) is 14.4. The van der Waals surface area contributed by atoms with Gasteiger partial charge in [0.05, 0.1) is 23.3 Å². The van der Waals surface area contributed by atoms with Crippen LogP contribution in [-0.2, 0) is 20.9 Å². The summed E-state index contributed by atoms with van der Waals surface area (Å²) in [5.41, 5.74) is 7.00. The minimum Gasteiger partial charge on any atom is -0.372 e. The minimum absolute atomic E-state index is 0.103. The fourth-order valence-corrected chi connectivity index (χ4v) is 5.13. The molecular weight excluding hydrogens is 388 g/mol. The van der Waals surface area contributed by atoms with Crippen LogP contribution in [0.25, 0.3) is 0 Å². The van der Waals surface area contributed by atoms with Gasteiger partial charge in [-0.15, -0.1) is 0 Å². The molecule has 30 heavy (non-hydrogen) atoms. The van der Waals surface area contributed by atoms with Gasteiger partial charge in [-0.1, -0.05) is 12.1 Å². The predicted molar refractivity (Wildman–Crippen MR) is 104 cm³/mol. The molecule has 4 fully saturated rings. The van der Waals surface area contributed by atoms with E-state index >= 15 is 0 Å². The molecule has 4 amide bonds. The van der Waals surface area contributed by atoms with Gasteiger partial charge in [-0.05, 0) is 36.8 Å². The molecule has 3 saturated heterocycles. The molecule has 1 aromatic carbocycles. The summed E-state index contributed by atoms with van der Waals surface area (Å²) < 4.78 is 5.94. The molecule has 0 spiro atoms. The fourth-order valence-electron chi connectivity index (χ4n) is 5.13. The number of nitrogens with two attached hydrogens (primary N) is 1. The van der Waals surface area contributed by atoms with Gasteiger partial charge in [-0.3, -0.25) is 29.4 Å². The van der Waals surface area contributed by atoms with Crippen LogP contribution in [0.2, 0.25) is 0 Å². The predicted octanol–water partition coefficient (Wildman–Crippen LogP) is -0.316. The zero-order valence-corrected chi connectivity index (χ0v) is 16.5. The Labute approximate surface area is 173 Å². The monoisotopic (exact) mass is 412 g/mol. The van der Waals surface area contributed by atoms with Crippen molar-refractivity contribution in [2.45, 2.75) is 49.9 Å². The lowest BCUT2D eigenvalue weighted by atomic mass is 9.65. The highest BCUT2D eigenvalue weighted by Crippen LogP contribution is 2.46. The van der Waals surface area contributed by atoms with E-state index in [1.54, 1.807) is 12.1 Å². The molecule has 2 atom stereocenters. The lowest BCUT2D eigenvalue weighted by molar-refractivity contribution is -0.186. The van der Waals surface area contributed by atoms with Gasteiger partial charge in [0.15, 0.2) is 0 Å². The first-order valence-corrected chi connectivity index (χ1v) is 10.3. The molecule has 1 aliphatic carbocycles. The molecule has 9 nitrogen and oxygen atoms in total. The average molecular weight is 412 g/mol. The standard InChI is InChI=1S/C21H24N4O5/c22-10-21-6-12(7-21)14(9-30-21)23-8-11-2-1-3-13-17(11)20(29)25(19(13)28)15-4-5-16(26)24-18(15)27/h1-3,12,14-15,23H,4-10,22H2,(H,24,26,27). The summed E-state index contributed by atoms with van der Waals surface area (Å²) in [5.74, 6) is -1.46. The van der Waals surface area contributed by atoms with E-state index in [4.69, 9.17) is 10.5 Å². The van der Waals surface area contributed by atoms with Gasteiger partial charge in [-0.25, -0.2) is 0 Å². The van der Waals surface area contributed by atoms with Crippen LogP contribution in [0, 0.1) is 5.92 Å². The summed E-state index contributed by atoms with van der Waals surface area (Å²) >= 11 is 0. The maximum Gasteiger partial charge on any atom is 0.262 e. The van der Waals surface area contributed by atoms with Crippen LogP contribution in [0.3, 0.4) is 0 Å². The number of hydrogen-bond acceptors (Lipinski definition) is 7. The van der Waals surface area contributed by atoms with Crippen molar-refractivity contribution >= 4 is 23.6 Å². The number of rotatable bonds is 5. The van der Waals surface area contributed by atoms with Gasteiger partial charge in [0.2, 0.25) is 11.8 Å². The van der Waals surface area contributed by atoms with Gasteiger partial charge < -0.3 is 15.8 Å². The zero-order valence-electron chi connectivity index (χ0n) is 16.5. The molecule has 158 valence electrons. The molecule has 9 heteroatoms. The van der Waals surface area contributed by atoms with Crippen molar-refractivity contribution in [2.75, 3.05) is 13.2 Å². The smallest absolute Gasteiger partial charge is 0.262 e. The van der Waals surface area contributed by atoms with Gasteiger partial charge in [0.1, 0.15) is 6.04 Å². The normalized spacial score (nSPS) is 32.7. The van der Waals surface area contributed by atoms with Crippen LogP contribution in [0.4, 0.5) is 0 Å². The Morgan fingerprint density at radius 3 is 2.67 bits per heavy atom. The fraction of sp³-hybridized carbons (Fsp3) is 0.524. The molecule has 4 N–H and O–H groups in total. The van der Waals surface area contributed by atoms with Crippen molar-refractivity contribution in [1.29, 1.82) is 0 Å². The molecule has 6 rings (SSSR count). The van der Waals surface area contributed by atoms with E-state index in [9.17, 15) is 19.2 Å². The van der Waals surface area contributed by atoms with Crippen LogP contribution in [-0.4, -0.2) is 59.4 Å². The molecule has 2 unspecified atom stereocenters. The van der Waals surface area contributed by atoms with E-state index in [0.717, 1.165) is 23.3 Å². The summed E-state index contributed by atoms with van der Waals surface area (Å²) in [6.45, 7) is 1.53. The highest BCUT2D eigenvalue weighted by molar-refractivity contribution is 6.24. The third kappa shape index (κ3) is 2.88. The van der Waals surface area contributed by atoms with Crippen LogP contribution in [0.1, 0.15) is 52.0 Å². The van der Waals surface area contributed by atoms with E-state index in [1.165, 1.54) is 0 Å². The van der Waals surface area contributed by atoms with E-state index < -0.39 is 23.8 Å². The number of imide groups is 2. The SMILES string of the molecule is NCC12CC(C1)C(NCc1cccc3c1C(=O)N(C1CCC(=O)NC1=O)C3=O)CO2. The van der Waals surface area contributed by atoms with Crippen molar-refractivity contribution in [3.63, 3.8) is 0 Å². The Hall–Kier alpha value is -2.62.